The Balaban J connectivity index is 1.61. The maximum absolute atomic E-state index is 13.2. The summed E-state index contributed by atoms with van der Waals surface area (Å²) in [6.45, 7) is 2.60. The van der Waals surface area contributed by atoms with Gasteiger partial charge in [-0.2, -0.15) is 4.98 Å². The van der Waals surface area contributed by atoms with E-state index in [9.17, 15) is 4.79 Å². The predicted molar refractivity (Wildman–Crippen MR) is 110 cm³/mol. The number of hydrogen-bond acceptors (Lipinski definition) is 5. The van der Waals surface area contributed by atoms with Gasteiger partial charge in [-0.3, -0.25) is 4.90 Å². The van der Waals surface area contributed by atoms with Gasteiger partial charge in [-0.25, -0.2) is 4.79 Å². The zero-order valence-electron chi connectivity index (χ0n) is 16.6. The van der Waals surface area contributed by atoms with Gasteiger partial charge in [0, 0.05) is 31.3 Å². The molecule has 0 radical (unpaired) electrons. The summed E-state index contributed by atoms with van der Waals surface area (Å²) in [5.74, 6) is 1.01. The van der Waals surface area contributed by atoms with Gasteiger partial charge in [-0.15, -0.1) is 0 Å². The van der Waals surface area contributed by atoms with Crippen LogP contribution in [-0.2, 0) is 24.0 Å². The number of ether oxygens (including phenoxy) is 1. The van der Waals surface area contributed by atoms with Gasteiger partial charge in [0.25, 0.3) is 0 Å². The number of aryl methyl sites for hydroxylation is 1. The van der Waals surface area contributed by atoms with Crippen molar-refractivity contribution in [3.05, 3.63) is 71.4 Å². The Hall–Kier alpha value is -3.19. The second-order valence-corrected chi connectivity index (χ2v) is 6.99. The number of rotatable bonds is 6. The molecule has 0 saturated carbocycles. The van der Waals surface area contributed by atoms with Crippen LogP contribution >= 0.6 is 0 Å². The molecule has 150 valence electrons. The highest BCUT2D eigenvalue weighted by Gasteiger charge is 2.38. The number of methoxy groups -OCH3 is 1. The number of carbonyl (C=O) groups excluding carboxylic acids is 1. The molecule has 2 heterocycles. The number of amides is 2. The summed E-state index contributed by atoms with van der Waals surface area (Å²) in [5.41, 5.74) is 3.87. The predicted octanol–water partition coefficient (Wildman–Crippen LogP) is 4.16. The molecule has 0 fully saturated rings. The average molecular weight is 392 g/mol. The molecule has 29 heavy (non-hydrogen) atoms. The molecule has 4 rings (SSSR count). The number of nitrogens with one attached hydrogen (secondary N) is 1. The van der Waals surface area contributed by atoms with Crippen molar-refractivity contribution in [1.82, 2.24) is 10.1 Å². The van der Waals surface area contributed by atoms with E-state index in [0.717, 1.165) is 23.4 Å². The van der Waals surface area contributed by atoms with Gasteiger partial charge in [0.15, 0.2) is 5.82 Å². The summed E-state index contributed by atoms with van der Waals surface area (Å²) in [7, 11) is 1.63. The van der Waals surface area contributed by atoms with E-state index in [0.29, 0.717) is 31.2 Å². The third-order valence-corrected chi connectivity index (χ3v) is 5.08. The van der Waals surface area contributed by atoms with Crippen molar-refractivity contribution < 1.29 is 14.1 Å². The first-order chi connectivity index (χ1) is 14.2. The molecule has 1 aromatic heterocycles. The van der Waals surface area contributed by atoms with Crippen LogP contribution in [0.2, 0.25) is 0 Å². The molecule has 3 aromatic rings. The summed E-state index contributed by atoms with van der Waals surface area (Å²) in [5, 5.41) is 7.05. The number of nitrogens with zero attached hydrogens (tertiary/aromatic N) is 3. The molecule has 1 aliphatic rings. The SMILES string of the molecule is CCc1cccc(NC(=O)N2c3ccccc3CC2c2nc(CCOC)no2)c1. The van der Waals surface area contributed by atoms with Gasteiger partial charge in [-0.1, -0.05) is 42.4 Å². The molecule has 0 aliphatic carbocycles. The lowest BCUT2D eigenvalue weighted by molar-refractivity contribution is 0.199. The summed E-state index contributed by atoms with van der Waals surface area (Å²) < 4.78 is 10.6. The van der Waals surface area contributed by atoms with Crippen molar-refractivity contribution in [2.45, 2.75) is 32.2 Å². The molecule has 7 nitrogen and oxygen atoms in total. The van der Waals surface area contributed by atoms with Gasteiger partial charge in [0.1, 0.15) is 6.04 Å². The molecule has 0 spiro atoms. The van der Waals surface area contributed by atoms with Crippen LogP contribution in [0, 0.1) is 0 Å². The van der Waals surface area contributed by atoms with Crippen LogP contribution in [0.25, 0.3) is 0 Å². The Morgan fingerprint density at radius 2 is 2.14 bits per heavy atom. The largest absolute Gasteiger partial charge is 0.384 e. The molecule has 0 bridgehead atoms. The molecular formula is C22H24N4O3. The summed E-state index contributed by atoms with van der Waals surface area (Å²) >= 11 is 0. The molecule has 1 N–H and O–H groups in total. The first-order valence-corrected chi connectivity index (χ1v) is 9.78. The maximum Gasteiger partial charge on any atom is 0.327 e. The third kappa shape index (κ3) is 4.00. The number of fused-ring (bicyclic) bond motifs is 1. The van der Waals surface area contributed by atoms with Crippen molar-refractivity contribution in [1.29, 1.82) is 0 Å². The molecule has 1 unspecified atom stereocenters. The quantitative estimate of drug-likeness (QED) is 0.681. The number of benzene rings is 2. The first-order valence-electron chi connectivity index (χ1n) is 9.78. The lowest BCUT2D eigenvalue weighted by atomic mass is 10.1. The molecular weight excluding hydrogens is 368 g/mol. The van der Waals surface area contributed by atoms with Crippen molar-refractivity contribution >= 4 is 17.4 Å². The van der Waals surface area contributed by atoms with Gasteiger partial charge >= 0.3 is 6.03 Å². The van der Waals surface area contributed by atoms with Crippen LogP contribution < -0.4 is 10.2 Å². The molecule has 1 aliphatic heterocycles. The molecule has 7 heteroatoms. The number of anilines is 2. The van der Waals surface area contributed by atoms with Crippen LogP contribution in [0.5, 0.6) is 0 Å². The standard InChI is InChI=1S/C22H24N4O3/c1-3-15-7-6-9-17(13-15)23-22(27)26-18-10-5-4-8-16(18)14-19(26)21-24-20(25-29-21)11-12-28-2/h4-10,13,19H,3,11-12,14H2,1-2H3,(H,23,27). The highest BCUT2D eigenvalue weighted by atomic mass is 16.5. The van der Waals surface area contributed by atoms with E-state index < -0.39 is 0 Å². The minimum absolute atomic E-state index is 0.218. The second-order valence-electron chi connectivity index (χ2n) is 6.99. The zero-order valence-corrected chi connectivity index (χ0v) is 16.6. The van der Waals surface area contributed by atoms with Gasteiger partial charge < -0.3 is 14.6 Å². The molecule has 2 aromatic carbocycles. The van der Waals surface area contributed by atoms with E-state index in [1.165, 1.54) is 5.56 Å². The van der Waals surface area contributed by atoms with Gasteiger partial charge in [-0.05, 0) is 35.7 Å². The minimum atomic E-state index is -0.342. The minimum Gasteiger partial charge on any atom is -0.384 e. The fourth-order valence-electron chi connectivity index (χ4n) is 3.59. The van der Waals surface area contributed by atoms with E-state index >= 15 is 0 Å². The molecule has 2 amide bonds. The number of urea groups is 1. The summed E-state index contributed by atoms with van der Waals surface area (Å²) in [6.07, 6.45) is 2.10. The monoisotopic (exact) mass is 392 g/mol. The van der Waals surface area contributed by atoms with E-state index in [2.05, 4.69) is 22.4 Å². The van der Waals surface area contributed by atoms with Crippen molar-refractivity contribution in [3.8, 4) is 0 Å². The lowest BCUT2D eigenvalue weighted by Crippen LogP contribution is -2.36. The number of hydrogen-bond donors (Lipinski definition) is 1. The third-order valence-electron chi connectivity index (χ3n) is 5.08. The number of para-hydroxylation sites is 1. The van der Waals surface area contributed by atoms with E-state index in [4.69, 9.17) is 9.26 Å². The van der Waals surface area contributed by atoms with Crippen LogP contribution in [0.4, 0.5) is 16.2 Å². The fourth-order valence-corrected chi connectivity index (χ4v) is 3.59. The second kappa shape index (κ2) is 8.45. The van der Waals surface area contributed by atoms with Crippen molar-refractivity contribution in [2.75, 3.05) is 23.9 Å². The number of aromatic nitrogens is 2. The van der Waals surface area contributed by atoms with E-state index in [-0.39, 0.29) is 12.1 Å². The van der Waals surface area contributed by atoms with Crippen LogP contribution in [0.1, 0.15) is 35.8 Å². The first kappa shape index (κ1) is 19.1. The Kier molecular flexibility index (Phi) is 5.57. The maximum atomic E-state index is 13.2. The van der Waals surface area contributed by atoms with Crippen molar-refractivity contribution in [3.63, 3.8) is 0 Å². The lowest BCUT2D eigenvalue weighted by Gasteiger charge is -2.23. The number of carbonyl (C=O) groups is 1. The zero-order chi connectivity index (χ0) is 20.2. The summed E-state index contributed by atoms with van der Waals surface area (Å²) in [6, 6.07) is 15.2. The van der Waals surface area contributed by atoms with E-state index in [1.54, 1.807) is 12.0 Å². The highest BCUT2D eigenvalue weighted by molar-refractivity contribution is 6.03. The highest BCUT2D eigenvalue weighted by Crippen LogP contribution is 2.40. The Labute approximate surface area is 169 Å². The topological polar surface area (TPSA) is 80.5 Å². The Bertz CT molecular complexity index is 1000. The fraction of sp³-hybridized carbons (Fsp3) is 0.318. The van der Waals surface area contributed by atoms with E-state index in [1.807, 2.05) is 48.5 Å². The molecule has 0 saturated heterocycles. The normalized spacial score (nSPS) is 15.4. The Morgan fingerprint density at radius 3 is 2.97 bits per heavy atom. The smallest absolute Gasteiger partial charge is 0.327 e. The van der Waals surface area contributed by atoms with Gasteiger partial charge in [0.05, 0.1) is 6.61 Å². The van der Waals surface area contributed by atoms with Gasteiger partial charge in [0.2, 0.25) is 5.89 Å². The van der Waals surface area contributed by atoms with Crippen LogP contribution in [-0.4, -0.2) is 29.9 Å². The molecule has 1 atom stereocenters. The Morgan fingerprint density at radius 1 is 1.28 bits per heavy atom. The average Bonchev–Trinajstić information content (AvgIpc) is 3.36. The van der Waals surface area contributed by atoms with Crippen molar-refractivity contribution in [2.24, 2.45) is 0 Å². The van der Waals surface area contributed by atoms with Crippen LogP contribution in [0.15, 0.2) is 53.1 Å². The summed E-state index contributed by atoms with van der Waals surface area (Å²) in [4.78, 5) is 19.5. The van der Waals surface area contributed by atoms with Crippen LogP contribution in [0.3, 0.4) is 0 Å².